The monoisotopic (exact) mass is 377 g/mol. The third kappa shape index (κ3) is 3.75. The number of hydrogen-bond donors (Lipinski definition) is 2. The van der Waals surface area contributed by atoms with Crippen molar-refractivity contribution in [3.8, 4) is 0 Å². The highest BCUT2D eigenvalue weighted by atomic mass is 16.2. The van der Waals surface area contributed by atoms with Crippen molar-refractivity contribution in [3.05, 3.63) is 70.8 Å². The van der Waals surface area contributed by atoms with Crippen molar-refractivity contribution >= 4 is 11.9 Å². The Bertz CT molecular complexity index is 891. The lowest BCUT2D eigenvalue weighted by Crippen LogP contribution is -2.40. The van der Waals surface area contributed by atoms with Crippen LogP contribution in [0.1, 0.15) is 60.0 Å². The van der Waals surface area contributed by atoms with Gasteiger partial charge in [0.1, 0.15) is 0 Å². The van der Waals surface area contributed by atoms with Gasteiger partial charge in [0.25, 0.3) is 0 Å². The second-order valence-electron chi connectivity index (χ2n) is 7.91. The molecule has 0 unspecified atom stereocenters. The minimum absolute atomic E-state index is 0.0891. The van der Waals surface area contributed by atoms with Gasteiger partial charge in [-0.15, -0.1) is 0 Å². The molecule has 0 spiro atoms. The van der Waals surface area contributed by atoms with E-state index in [0.29, 0.717) is 6.04 Å². The number of urea groups is 1. The molecule has 3 N–H and O–H groups in total. The molecule has 28 heavy (non-hydrogen) atoms. The van der Waals surface area contributed by atoms with Crippen LogP contribution in [0.3, 0.4) is 0 Å². The lowest BCUT2D eigenvalue weighted by Gasteiger charge is -2.32. The topological polar surface area (TPSA) is 75.4 Å². The molecule has 2 aromatic carbocycles. The van der Waals surface area contributed by atoms with Crippen LogP contribution < -0.4 is 11.1 Å². The number of fused-ring (bicyclic) bond motifs is 1. The smallest absolute Gasteiger partial charge is 0.312 e. The van der Waals surface area contributed by atoms with E-state index in [0.717, 1.165) is 36.8 Å². The van der Waals surface area contributed by atoms with E-state index in [9.17, 15) is 9.59 Å². The van der Waals surface area contributed by atoms with Gasteiger partial charge in [-0.3, -0.25) is 4.79 Å². The minimum Gasteiger partial charge on any atom is -0.352 e. The Labute approximate surface area is 165 Å². The Morgan fingerprint density at radius 2 is 1.82 bits per heavy atom. The molecule has 0 aliphatic heterocycles. The van der Waals surface area contributed by atoms with Crippen LogP contribution in [-0.4, -0.2) is 22.9 Å². The summed E-state index contributed by atoms with van der Waals surface area (Å²) in [4.78, 5) is 27.1. The number of carbonyl (C=O) groups excluding carboxylic acids is 2. The number of rotatable bonds is 6. The fraction of sp³-hybridized carbons (Fsp3) is 0.391. The first-order valence-electron chi connectivity index (χ1n) is 10.0. The summed E-state index contributed by atoms with van der Waals surface area (Å²) in [6.07, 6.45) is 4.33. The number of amides is 3. The molecule has 2 aliphatic carbocycles. The molecule has 5 heteroatoms. The molecule has 0 saturated heterocycles. The molecular weight excluding hydrogens is 350 g/mol. The van der Waals surface area contributed by atoms with Crippen molar-refractivity contribution in [2.24, 2.45) is 5.73 Å². The van der Waals surface area contributed by atoms with Crippen molar-refractivity contribution in [1.29, 1.82) is 0 Å². The highest BCUT2D eigenvalue weighted by Gasteiger charge is 2.40. The number of nitrogens with two attached hydrogens (primary N) is 1. The van der Waals surface area contributed by atoms with Gasteiger partial charge in [0.05, 0.1) is 18.5 Å². The van der Waals surface area contributed by atoms with E-state index < -0.39 is 12.1 Å². The van der Waals surface area contributed by atoms with Crippen LogP contribution in [0.4, 0.5) is 4.79 Å². The van der Waals surface area contributed by atoms with Gasteiger partial charge in [0.2, 0.25) is 5.91 Å². The predicted molar refractivity (Wildman–Crippen MR) is 109 cm³/mol. The van der Waals surface area contributed by atoms with Crippen LogP contribution in [-0.2, 0) is 11.2 Å². The molecule has 4 rings (SSSR count). The van der Waals surface area contributed by atoms with E-state index in [-0.39, 0.29) is 18.4 Å². The number of carbonyl (C=O) groups is 2. The molecule has 0 aromatic heterocycles. The predicted octanol–water partition coefficient (Wildman–Crippen LogP) is 3.77. The zero-order valence-electron chi connectivity index (χ0n) is 16.2. The molecule has 3 amide bonds. The molecular formula is C23H27N3O2. The van der Waals surface area contributed by atoms with Gasteiger partial charge in [0.15, 0.2) is 0 Å². The Morgan fingerprint density at radius 3 is 2.54 bits per heavy atom. The summed E-state index contributed by atoms with van der Waals surface area (Å²) in [7, 11) is 0. The highest BCUT2D eigenvalue weighted by Crippen LogP contribution is 2.42. The van der Waals surface area contributed by atoms with Crippen LogP contribution in [0.25, 0.3) is 0 Å². The quantitative estimate of drug-likeness (QED) is 0.804. The fourth-order valence-electron chi connectivity index (χ4n) is 4.48. The number of primary amides is 1. The first-order chi connectivity index (χ1) is 13.5. The molecule has 0 heterocycles. The third-order valence-electron chi connectivity index (χ3n) is 5.92. The standard InChI is InChI=1S/C23H27N3O2/c1-15-6-2-4-8-18(15)20(25-23(24)28)14-22(27)26(17-11-12-17)21-13-10-16-7-3-5-9-19(16)21/h2-9,17,20-21H,10-14H2,1H3,(H3,24,25,28)/t20-,21+/m0/s1. The fourth-order valence-corrected chi connectivity index (χ4v) is 4.48. The number of hydrogen-bond acceptors (Lipinski definition) is 2. The molecule has 1 saturated carbocycles. The third-order valence-corrected chi connectivity index (χ3v) is 5.92. The second kappa shape index (κ2) is 7.66. The Morgan fingerprint density at radius 1 is 1.11 bits per heavy atom. The first-order valence-corrected chi connectivity index (χ1v) is 10.0. The maximum absolute atomic E-state index is 13.4. The lowest BCUT2D eigenvalue weighted by atomic mass is 9.97. The van der Waals surface area contributed by atoms with Crippen LogP contribution in [0.2, 0.25) is 0 Å². The number of benzene rings is 2. The number of nitrogens with one attached hydrogen (secondary N) is 1. The molecule has 5 nitrogen and oxygen atoms in total. The SMILES string of the molecule is Cc1ccccc1[C@H](CC(=O)N(C1CC1)[C@@H]1CCc2ccccc21)NC(N)=O. The van der Waals surface area contributed by atoms with E-state index in [4.69, 9.17) is 5.73 Å². The maximum Gasteiger partial charge on any atom is 0.312 e. The van der Waals surface area contributed by atoms with Crippen LogP contribution in [0.15, 0.2) is 48.5 Å². The van der Waals surface area contributed by atoms with Gasteiger partial charge in [-0.2, -0.15) is 0 Å². The van der Waals surface area contributed by atoms with Gasteiger partial charge in [-0.05, 0) is 54.9 Å². The van der Waals surface area contributed by atoms with Crippen LogP contribution in [0, 0.1) is 6.92 Å². The molecule has 146 valence electrons. The van der Waals surface area contributed by atoms with E-state index in [1.54, 1.807) is 0 Å². The van der Waals surface area contributed by atoms with Crippen molar-refractivity contribution in [3.63, 3.8) is 0 Å². The zero-order chi connectivity index (χ0) is 19.7. The van der Waals surface area contributed by atoms with Gasteiger partial charge >= 0.3 is 6.03 Å². The molecule has 2 aliphatic rings. The average molecular weight is 377 g/mol. The van der Waals surface area contributed by atoms with Crippen molar-refractivity contribution < 1.29 is 9.59 Å². The summed E-state index contributed by atoms with van der Waals surface area (Å²) in [6, 6.07) is 15.7. The van der Waals surface area contributed by atoms with Crippen molar-refractivity contribution in [2.45, 2.75) is 57.2 Å². The Kier molecular flexibility index (Phi) is 5.07. The first kappa shape index (κ1) is 18.5. The Balaban J connectivity index is 1.59. The van der Waals surface area contributed by atoms with E-state index in [1.165, 1.54) is 11.1 Å². The minimum atomic E-state index is -0.606. The van der Waals surface area contributed by atoms with Crippen LogP contribution in [0.5, 0.6) is 0 Å². The highest BCUT2D eigenvalue weighted by molar-refractivity contribution is 5.80. The normalized spacial score (nSPS) is 19.0. The van der Waals surface area contributed by atoms with Gasteiger partial charge in [0, 0.05) is 6.04 Å². The van der Waals surface area contributed by atoms with Crippen molar-refractivity contribution in [2.75, 3.05) is 0 Å². The summed E-state index contributed by atoms with van der Waals surface area (Å²) in [5.41, 5.74) is 10.0. The summed E-state index contributed by atoms with van der Waals surface area (Å²) in [5, 5.41) is 2.78. The van der Waals surface area contributed by atoms with Gasteiger partial charge in [-0.1, -0.05) is 48.5 Å². The maximum atomic E-state index is 13.4. The summed E-state index contributed by atoms with van der Waals surface area (Å²) in [5.74, 6) is 0.0891. The largest absolute Gasteiger partial charge is 0.352 e. The average Bonchev–Trinajstić information content (AvgIpc) is 3.41. The van der Waals surface area contributed by atoms with E-state index >= 15 is 0 Å². The molecule has 0 radical (unpaired) electrons. The zero-order valence-corrected chi connectivity index (χ0v) is 16.2. The van der Waals surface area contributed by atoms with Crippen LogP contribution >= 0.6 is 0 Å². The summed E-state index contributed by atoms with van der Waals surface area (Å²) >= 11 is 0. The van der Waals surface area contributed by atoms with E-state index in [2.05, 4.69) is 34.5 Å². The molecule has 0 bridgehead atoms. The van der Waals surface area contributed by atoms with Crippen molar-refractivity contribution in [1.82, 2.24) is 10.2 Å². The molecule has 2 aromatic rings. The van der Waals surface area contributed by atoms with Gasteiger partial charge < -0.3 is 16.0 Å². The number of aryl methyl sites for hydroxylation is 2. The Hall–Kier alpha value is -2.82. The van der Waals surface area contributed by atoms with E-state index in [1.807, 2.05) is 31.2 Å². The molecule has 2 atom stereocenters. The summed E-state index contributed by atoms with van der Waals surface area (Å²) in [6.45, 7) is 1.99. The molecule has 1 fully saturated rings. The number of nitrogens with zero attached hydrogens (tertiary/aromatic N) is 1. The summed E-state index contributed by atoms with van der Waals surface area (Å²) < 4.78 is 0. The second-order valence-corrected chi connectivity index (χ2v) is 7.91. The van der Waals surface area contributed by atoms with Gasteiger partial charge in [-0.25, -0.2) is 4.79 Å². The lowest BCUT2D eigenvalue weighted by molar-refractivity contribution is -0.135.